The fourth-order valence-corrected chi connectivity index (χ4v) is 5.23. The summed E-state index contributed by atoms with van der Waals surface area (Å²) in [5.41, 5.74) is 0. The lowest BCUT2D eigenvalue weighted by molar-refractivity contribution is 0.213. The van der Waals surface area contributed by atoms with Crippen LogP contribution in [0.3, 0.4) is 0 Å². The Morgan fingerprint density at radius 3 is 2.60 bits per heavy atom. The molecule has 3 unspecified atom stereocenters. The van der Waals surface area contributed by atoms with Crippen molar-refractivity contribution < 1.29 is 4.21 Å². The van der Waals surface area contributed by atoms with Crippen molar-refractivity contribution in [2.45, 2.75) is 63.2 Å². The molecule has 148 valence electrons. The summed E-state index contributed by atoms with van der Waals surface area (Å²) in [5, 5.41) is 7.40. The van der Waals surface area contributed by atoms with E-state index in [-0.39, 0.29) is 24.0 Å². The molecule has 1 heterocycles. The molecule has 1 aliphatic heterocycles. The molecule has 0 bridgehead atoms. The van der Waals surface area contributed by atoms with Gasteiger partial charge >= 0.3 is 0 Å². The predicted octanol–water partition coefficient (Wildman–Crippen LogP) is 2.58. The van der Waals surface area contributed by atoms with Crippen LogP contribution >= 0.6 is 24.0 Å². The van der Waals surface area contributed by atoms with E-state index in [1.165, 1.54) is 38.8 Å². The van der Waals surface area contributed by atoms with Crippen LogP contribution in [0.2, 0.25) is 0 Å². The van der Waals surface area contributed by atoms with Gasteiger partial charge in [-0.1, -0.05) is 13.3 Å². The first-order chi connectivity index (χ1) is 11.6. The molecule has 0 radical (unpaired) electrons. The van der Waals surface area contributed by atoms with Gasteiger partial charge in [0.25, 0.3) is 0 Å². The summed E-state index contributed by atoms with van der Waals surface area (Å²) in [6, 6.07) is 0.411. The molecule has 2 aliphatic rings. The molecule has 25 heavy (non-hydrogen) atoms. The minimum absolute atomic E-state index is 0. The van der Waals surface area contributed by atoms with Crippen molar-refractivity contribution in [3.05, 3.63) is 0 Å². The van der Waals surface area contributed by atoms with Gasteiger partial charge in [0.05, 0.1) is 0 Å². The highest BCUT2D eigenvalue weighted by atomic mass is 127. The van der Waals surface area contributed by atoms with Crippen LogP contribution in [-0.4, -0.2) is 65.8 Å². The molecule has 0 aromatic carbocycles. The topological polar surface area (TPSA) is 56.7 Å². The average Bonchev–Trinajstić information content (AvgIpc) is 2.62. The third kappa shape index (κ3) is 8.12. The number of hydrogen-bond donors (Lipinski definition) is 2. The lowest BCUT2D eigenvalue weighted by Crippen LogP contribution is -2.47. The van der Waals surface area contributed by atoms with E-state index in [1.807, 2.05) is 14.0 Å². The zero-order valence-electron chi connectivity index (χ0n) is 16.1. The van der Waals surface area contributed by atoms with Crippen LogP contribution < -0.4 is 10.6 Å². The molecular formula is C18H37IN4OS. The Balaban J connectivity index is 0.00000312. The Morgan fingerprint density at radius 2 is 1.96 bits per heavy atom. The van der Waals surface area contributed by atoms with E-state index in [0.717, 1.165) is 43.4 Å². The first kappa shape index (κ1) is 23.1. The number of rotatable bonds is 6. The van der Waals surface area contributed by atoms with E-state index in [9.17, 15) is 4.21 Å². The molecule has 1 saturated carbocycles. The molecule has 2 fully saturated rings. The van der Waals surface area contributed by atoms with Crippen LogP contribution in [-0.2, 0) is 10.8 Å². The number of piperidine rings is 1. The summed E-state index contributed by atoms with van der Waals surface area (Å²) in [5.74, 6) is 2.54. The molecule has 2 rings (SSSR count). The van der Waals surface area contributed by atoms with Gasteiger partial charge in [-0.15, -0.1) is 24.0 Å². The first-order valence-electron chi connectivity index (χ1n) is 9.65. The third-order valence-corrected chi connectivity index (χ3v) is 7.27. The highest BCUT2D eigenvalue weighted by molar-refractivity contribution is 14.0. The van der Waals surface area contributed by atoms with E-state index in [1.54, 1.807) is 0 Å². The molecule has 0 aromatic rings. The maximum atomic E-state index is 12.1. The summed E-state index contributed by atoms with van der Waals surface area (Å²) >= 11 is 0. The van der Waals surface area contributed by atoms with Gasteiger partial charge in [-0.05, 0) is 64.6 Å². The van der Waals surface area contributed by atoms with Gasteiger partial charge in [-0.2, -0.15) is 0 Å². The highest BCUT2D eigenvalue weighted by Crippen LogP contribution is 2.23. The minimum Gasteiger partial charge on any atom is -0.356 e. The van der Waals surface area contributed by atoms with E-state index >= 15 is 0 Å². The Labute approximate surface area is 173 Å². The average molecular weight is 484 g/mol. The van der Waals surface area contributed by atoms with Gasteiger partial charge in [0.1, 0.15) is 0 Å². The van der Waals surface area contributed by atoms with Crippen molar-refractivity contribution in [2.24, 2.45) is 10.9 Å². The Morgan fingerprint density at radius 1 is 1.24 bits per heavy atom. The second kappa shape index (κ2) is 12.5. The van der Waals surface area contributed by atoms with E-state index in [0.29, 0.717) is 11.3 Å². The van der Waals surface area contributed by atoms with Crippen LogP contribution in [0, 0.1) is 5.92 Å². The van der Waals surface area contributed by atoms with Crippen molar-refractivity contribution >= 4 is 40.7 Å². The Bertz CT molecular complexity index is 427. The molecule has 5 nitrogen and oxygen atoms in total. The fourth-order valence-electron chi connectivity index (χ4n) is 3.88. The molecular weight excluding hydrogens is 447 g/mol. The van der Waals surface area contributed by atoms with Crippen LogP contribution in [0.4, 0.5) is 0 Å². The van der Waals surface area contributed by atoms with Crippen LogP contribution in [0.1, 0.15) is 51.9 Å². The van der Waals surface area contributed by atoms with Crippen LogP contribution in [0.15, 0.2) is 4.99 Å². The normalized spacial score (nSPS) is 27.4. The maximum Gasteiger partial charge on any atom is 0.191 e. The quantitative estimate of drug-likeness (QED) is 0.346. The van der Waals surface area contributed by atoms with E-state index in [4.69, 9.17) is 0 Å². The van der Waals surface area contributed by atoms with Crippen LogP contribution in [0.5, 0.6) is 0 Å². The lowest BCUT2D eigenvalue weighted by Gasteiger charge is -2.31. The number of aliphatic imine (C=N–C) groups is 1. The van der Waals surface area contributed by atoms with Crippen molar-refractivity contribution in [1.82, 2.24) is 15.5 Å². The lowest BCUT2D eigenvalue weighted by atomic mass is 9.94. The number of hydrogen-bond acceptors (Lipinski definition) is 3. The summed E-state index contributed by atoms with van der Waals surface area (Å²) in [6.07, 6.45) is 8.31. The number of halogens is 1. The van der Waals surface area contributed by atoms with E-state index < -0.39 is 10.8 Å². The molecule has 2 N–H and O–H groups in total. The molecule has 0 spiro atoms. The minimum atomic E-state index is -0.667. The zero-order valence-corrected chi connectivity index (χ0v) is 19.3. The molecule has 1 saturated heterocycles. The number of guanidine groups is 1. The van der Waals surface area contributed by atoms with Gasteiger partial charge < -0.3 is 15.5 Å². The Hall–Kier alpha value is 0.110. The Kier molecular flexibility index (Phi) is 11.6. The molecule has 1 aliphatic carbocycles. The van der Waals surface area contributed by atoms with Gasteiger partial charge in [0, 0.05) is 41.4 Å². The van der Waals surface area contributed by atoms with Gasteiger partial charge in [-0.3, -0.25) is 9.20 Å². The second-order valence-corrected chi connectivity index (χ2v) is 9.34. The zero-order chi connectivity index (χ0) is 17.4. The monoisotopic (exact) mass is 484 g/mol. The summed E-state index contributed by atoms with van der Waals surface area (Å²) < 4.78 is 12.1. The maximum absolute atomic E-state index is 12.1. The summed E-state index contributed by atoms with van der Waals surface area (Å²) in [6.45, 7) is 5.48. The smallest absolute Gasteiger partial charge is 0.191 e. The van der Waals surface area contributed by atoms with Crippen LogP contribution in [0.25, 0.3) is 0 Å². The van der Waals surface area contributed by atoms with E-state index in [2.05, 4.69) is 27.6 Å². The number of nitrogens with one attached hydrogen (secondary N) is 2. The van der Waals surface area contributed by atoms with Gasteiger partial charge in [0.2, 0.25) is 0 Å². The fraction of sp³-hybridized carbons (Fsp3) is 0.944. The van der Waals surface area contributed by atoms with Crippen molar-refractivity contribution in [1.29, 1.82) is 0 Å². The van der Waals surface area contributed by atoms with Gasteiger partial charge in [0.15, 0.2) is 5.96 Å². The summed E-state index contributed by atoms with van der Waals surface area (Å²) in [7, 11) is 3.39. The predicted molar refractivity (Wildman–Crippen MR) is 119 cm³/mol. The highest BCUT2D eigenvalue weighted by Gasteiger charge is 2.26. The number of nitrogens with zero attached hydrogens (tertiary/aromatic N) is 2. The second-order valence-electron chi connectivity index (χ2n) is 7.33. The standard InChI is InChI=1S/C18H36N4OS.HI/c1-4-24(23)17-7-5-6-16(14-17)21-18(19-2)20-11-8-15-9-12-22(3)13-10-15;/h15-17H,4-14H2,1-3H3,(H2,19,20,21);1H. The molecule has 0 aromatic heterocycles. The molecule has 0 amide bonds. The number of likely N-dealkylation sites (tertiary alicyclic amines) is 1. The largest absolute Gasteiger partial charge is 0.356 e. The molecule has 7 heteroatoms. The third-order valence-electron chi connectivity index (χ3n) is 5.53. The van der Waals surface area contributed by atoms with Crippen molar-refractivity contribution in [3.8, 4) is 0 Å². The van der Waals surface area contributed by atoms with Crippen molar-refractivity contribution in [3.63, 3.8) is 0 Å². The van der Waals surface area contributed by atoms with Gasteiger partial charge in [-0.25, -0.2) is 0 Å². The van der Waals surface area contributed by atoms with Crippen molar-refractivity contribution in [2.75, 3.05) is 39.5 Å². The first-order valence-corrected chi connectivity index (χ1v) is 11.0. The molecule has 3 atom stereocenters. The summed E-state index contributed by atoms with van der Waals surface area (Å²) in [4.78, 5) is 6.80. The SMILES string of the molecule is CCS(=O)C1CCCC(NC(=NC)NCCC2CCN(C)CC2)C1.I.